The largest absolute Gasteiger partial charge is 0.484 e. The molecule has 0 aromatic heterocycles. The van der Waals surface area contributed by atoms with Crippen LogP contribution in [0, 0.1) is 0 Å². The van der Waals surface area contributed by atoms with E-state index in [2.05, 4.69) is 10.6 Å². The summed E-state index contributed by atoms with van der Waals surface area (Å²) in [6, 6.07) is 7.35. The Labute approximate surface area is 148 Å². The number of ether oxygens (including phenoxy) is 2. The predicted molar refractivity (Wildman–Crippen MR) is 93.6 cm³/mol. The van der Waals surface area contributed by atoms with E-state index in [1.807, 2.05) is 0 Å². The zero-order valence-electron chi connectivity index (χ0n) is 14.5. The SMILES string of the molecule is O=C(COc1ccc(O[C@@H]2CCCCNC2=O)cc1)NC1CCCC1. The molecule has 3 rings (SSSR count). The molecule has 0 bridgehead atoms. The summed E-state index contributed by atoms with van der Waals surface area (Å²) in [7, 11) is 0. The van der Waals surface area contributed by atoms with Crippen LogP contribution >= 0.6 is 0 Å². The molecule has 0 spiro atoms. The normalized spacial score (nSPS) is 21.3. The van der Waals surface area contributed by atoms with Crippen molar-refractivity contribution < 1.29 is 19.1 Å². The van der Waals surface area contributed by atoms with Crippen LogP contribution in [-0.4, -0.2) is 37.1 Å². The van der Waals surface area contributed by atoms with Crippen molar-refractivity contribution in [2.24, 2.45) is 0 Å². The van der Waals surface area contributed by atoms with E-state index in [-0.39, 0.29) is 18.4 Å². The Balaban J connectivity index is 1.45. The summed E-state index contributed by atoms with van der Waals surface area (Å²) in [6.07, 6.45) is 6.75. The fourth-order valence-corrected chi connectivity index (χ4v) is 3.29. The van der Waals surface area contributed by atoms with Crippen molar-refractivity contribution >= 4 is 11.8 Å². The van der Waals surface area contributed by atoms with E-state index in [4.69, 9.17) is 9.47 Å². The highest BCUT2D eigenvalue weighted by molar-refractivity contribution is 5.81. The van der Waals surface area contributed by atoms with Crippen LogP contribution in [0.15, 0.2) is 24.3 Å². The fraction of sp³-hybridized carbons (Fsp3) is 0.579. The number of benzene rings is 1. The summed E-state index contributed by atoms with van der Waals surface area (Å²) in [5.74, 6) is 1.10. The molecule has 136 valence electrons. The first-order valence-electron chi connectivity index (χ1n) is 9.17. The molecule has 1 heterocycles. The van der Waals surface area contributed by atoms with Gasteiger partial charge in [0, 0.05) is 12.6 Å². The van der Waals surface area contributed by atoms with Crippen molar-refractivity contribution in [1.82, 2.24) is 10.6 Å². The molecular weight excluding hydrogens is 320 g/mol. The number of amides is 2. The molecule has 2 amide bonds. The molecule has 2 fully saturated rings. The van der Waals surface area contributed by atoms with Crippen molar-refractivity contribution in [3.05, 3.63) is 24.3 Å². The molecule has 1 atom stereocenters. The molecule has 1 aliphatic carbocycles. The van der Waals surface area contributed by atoms with Crippen molar-refractivity contribution in [3.8, 4) is 11.5 Å². The number of hydrogen-bond acceptors (Lipinski definition) is 4. The van der Waals surface area contributed by atoms with Gasteiger partial charge in [-0.15, -0.1) is 0 Å². The lowest BCUT2D eigenvalue weighted by atomic mass is 10.2. The molecule has 1 aromatic rings. The third kappa shape index (κ3) is 5.37. The highest BCUT2D eigenvalue weighted by Gasteiger charge is 2.22. The first-order chi connectivity index (χ1) is 12.2. The second kappa shape index (κ2) is 8.74. The summed E-state index contributed by atoms with van der Waals surface area (Å²) in [5, 5.41) is 5.85. The van der Waals surface area contributed by atoms with Gasteiger partial charge >= 0.3 is 0 Å². The Hall–Kier alpha value is -2.24. The van der Waals surface area contributed by atoms with Gasteiger partial charge in [0.05, 0.1) is 0 Å². The molecule has 1 saturated carbocycles. The van der Waals surface area contributed by atoms with Crippen LogP contribution < -0.4 is 20.1 Å². The maximum atomic E-state index is 11.9. The van der Waals surface area contributed by atoms with E-state index < -0.39 is 6.10 Å². The van der Waals surface area contributed by atoms with Crippen LogP contribution in [0.3, 0.4) is 0 Å². The lowest BCUT2D eigenvalue weighted by Gasteiger charge is -2.16. The van der Waals surface area contributed by atoms with E-state index in [0.717, 1.165) is 32.1 Å². The number of rotatable bonds is 6. The Morgan fingerprint density at radius 2 is 1.72 bits per heavy atom. The second-order valence-electron chi connectivity index (χ2n) is 6.70. The summed E-state index contributed by atoms with van der Waals surface area (Å²) in [5.41, 5.74) is 0. The van der Waals surface area contributed by atoms with Gasteiger partial charge in [-0.3, -0.25) is 9.59 Å². The third-order valence-electron chi connectivity index (χ3n) is 4.68. The van der Waals surface area contributed by atoms with Crippen LogP contribution in [-0.2, 0) is 9.59 Å². The molecule has 6 nitrogen and oxygen atoms in total. The smallest absolute Gasteiger partial charge is 0.261 e. The van der Waals surface area contributed by atoms with Gasteiger partial charge in [0.1, 0.15) is 11.5 Å². The van der Waals surface area contributed by atoms with E-state index in [1.165, 1.54) is 12.8 Å². The maximum absolute atomic E-state index is 11.9. The minimum Gasteiger partial charge on any atom is -0.484 e. The van der Waals surface area contributed by atoms with Crippen LogP contribution in [0.4, 0.5) is 0 Å². The average molecular weight is 346 g/mol. The van der Waals surface area contributed by atoms with Crippen molar-refractivity contribution in [3.63, 3.8) is 0 Å². The number of nitrogens with one attached hydrogen (secondary N) is 2. The standard InChI is InChI=1S/C19H26N2O4/c22-18(21-14-5-1-2-6-14)13-24-15-8-10-16(11-9-15)25-17-7-3-4-12-20-19(17)23/h8-11,14,17H,1-7,12-13H2,(H,20,23)(H,21,22)/t17-/m1/s1. The van der Waals surface area contributed by atoms with Crippen LogP contribution in [0.2, 0.25) is 0 Å². The quantitative estimate of drug-likeness (QED) is 0.828. The first kappa shape index (κ1) is 17.6. The third-order valence-corrected chi connectivity index (χ3v) is 4.68. The number of hydrogen-bond donors (Lipinski definition) is 2. The molecule has 1 saturated heterocycles. The molecular formula is C19H26N2O4. The molecule has 1 aliphatic heterocycles. The molecule has 0 unspecified atom stereocenters. The summed E-state index contributed by atoms with van der Waals surface area (Å²) in [6.45, 7) is 0.732. The minimum absolute atomic E-state index is 0.0156. The Bertz CT molecular complexity index is 582. The monoisotopic (exact) mass is 346 g/mol. The Kier molecular flexibility index (Phi) is 6.14. The topological polar surface area (TPSA) is 76.7 Å². The lowest BCUT2D eigenvalue weighted by Crippen LogP contribution is -2.36. The molecule has 2 N–H and O–H groups in total. The molecule has 25 heavy (non-hydrogen) atoms. The minimum atomic E-state index is -0.438. The van der Waals surface area contributed by atoms with Crippen molar-refractivity contribution in [2.75, 3.05) is 13.2 Å². The van der Waals surface area contributed by atoms with E-state index in [0.29, 0.717) is 24.1 Å². The Morgan fingerprint density at radius 1 is 1.04 bits per heavy atom. The van der Waals surface area contributed by atoms with Gasteiger partial charge in [-0.2, -0.15) is 0 Å². The van der Waals surface area contributed by atoms with Gasteiger partial charge in [0.15, 0.2) is 12.7 Å². The van der Waals surface area contributed by atoms with Gasteiger partial charge in [0.2, 0.25) is 0 Å². The van der Waals surface area contributed by atoms with Crippen LogP contribution in [0.5, 0.6) is 11.5 Å². The summed E-state index contributed by atoms with van der Waals surface area (Å²) < 4.78 is 11.3. The first-order valence-corrected chi connectivity index (χ1v) is 9.17. The lowest BCUT2D eigenvalue weighted by molar-refractivity contribution is -0.127. The number of carbonyl (C=O) groups excluding carboxylic acids is 2. The highest BCUT2D eigenvalue weighted by Crippen LogP contribution is 2.21. The van der Waals surface area contributed by atoms with Crippen LogP contribution in [0.1, 0.15) is 44.9 Å². The van der Waals surface area contributed by atoms with Gasteiger partial charge in [-0.25, -0.2) is 0 Å². The molecule has 1 aromatic carbocycles. The van der Waals surface area contributed by atoms with Crippen LogP contribution in [0.25, 0.3) is 0 Å². The second-order valence-corrected chi connectivity index (χ2v) is 6.70. The van der Waals surface area contributed by atoms with Gasteiger partial charge in [-0.05, 0) is 56.4 Å². The fourth-order valence-electron chi connectivity index (χ4n) is 3.29. The van der Waals surface area contributed by atoms with E-state index in [9.17, 15) is 9.59 Å². The predicted octanol–water partition coefficient (Wildman–Crippen LogP) is 2.17. The van der Waals surface area contributed by atoms with Crippen molar-refractivity contribution in [1.29, 1.82) is 0 Å². The average Bonchev–Trinajstić information content (AvgIpc) is 3.04. The molecule has 6 heteroatoms. The highest BCUT2D eigenvalue weighted by atomic mass is 16.5. The summed E-state index contributed by atoms with van der Waals surface area (Å²) >= 11 is 0. The zero-order valence-corrected chi connectivity index (χ0v) is 14.5. The van der Waals surface area contributed by atoms with E-state index in [1.54, 1.807) is 24.3 Å². The zero-order chi connectivity index (χ0) is 17.5. The summed E-state index contributed by atoms with van der Waals surface area (Å²) in [4.78, 5) is 23.8. The Morgan fingerprint density at radius 3 is 2.48 bits per heavy atom. The van der Waals surface area contributed by atoms with E-state index >= 15 is 0 Å². The molecule has 2 aliphatic rings. The number of carbonyl (C=O) groups is 2. The van der Waals surface area contributed by atoms with Crippen molar-refractivity contribution in [2.45, 2.75) is 57.1 Å². The van der Waals surface area contributed by atoms with Gasteiger partial charge in [0.25, 0.3) is 11.8 Å². The maximum Gasteiger partial charge on any atom is 0.261 e. The molecule has 0 radical (unpaired) electrons. The van der Waals surface area contributed by atoms with Gasteiger partial charge < -0.3 is 20.1 Å². The van der Waals surface area contributed by atoms with Gasteiger partial charge in [-0.1, -0.05) is 12.8 Å².